The van der Waals surface area contributed by atoms with Crippen LogP contribution in [0.2, 0.25) is 5.02 Å². The molecule has 30 heavy (non-hydrogen) atoms. The second kappa shape index (κ2) is 8.26. The molecule has 0 saturated carbocycles. The number of methoxy groups -OCH3 is 1. The van der Waals surface area contributed by atoms with Crippen LogP contribution in [0, 0.1) is 0 Å². The van der Waals surface area contributed by atoms with Gasteiger partial charge in [0.2, 0.25) is 0 Å². The van der Waals surface area contributed by atoms with Crippen molar-refractivity contribution in [2.45, 2.75) is 0 Å². The largest absolute Gasteiger partial charge is 0.465 e. The predicted molar refractivity (Wildman–Crippen MR) is 112 cm³/mol. The van der Waals surface area contributed by atoms with Gasteiger partial charge in [-0.3, -0.25) is 4.79 Å². The molecule has 0 aliphatic rings. The molecule has 4 rings (SSSR count). The van der Waals surface area contributed by atoms with E-state index in [9.17, 15) is 9.59 Å². The molecule has 0 unspecified atom stereocenters. The third-order valence-corrected chi connectivity index (χ3v) is 4.68. The molecule has 0 radical (unpaired) electrons. The minimum Gasteiger partial charge on any atom is -0.465 e. The van der Waals surface area contributed by atoms with Crippen LogP contribution in [-0.2, 0) is 4.74 Å². The van der Waals surface area contributed by atoms with Gasteiger partial charge in [0.1, 0.15) is 11.4 Å². The van der Waals surface area contributed by atoms with Gasteiger partial charge >= 0.3 is 5.97 Å². The van der Waals surface area contributed by atoms with E-state index in [1.165, 1.54) is 36.3 Å². The van der Waals surface area contributed by atoms with Gasteiger partial charge in [0.25, 0.3) is 5.91 Å². The Hall–Kier alpha value is -3.84. The summed E-state index contributed by atoms with van der Waals surface area (Å²) in [5, 5.41) is 7.55. The smallest absolute Gasteiger partial charge is 0.337 e. The molecule has 2 heterocycles. The lowest BCUT2D eigenvalue weighted by Gasteiger charge is -2.10. The zero-order valence-corrected chi connectivity index (χ0v) is 16.6. The standard InChI is InChI=1S/C22H16ClN3O4/c1-29-22(28)14-9-10-16(23)17(12-14)24-21(27)19-13-18(20-8-5-11-30-20)25-26(19)15-6-3-2-4-7-15/h2-13H,1H3,(H,24,27). The van der Waals surface area contributed by atoms with Crippen LogP contribution in [0.25, 0.3) is 17.1 Å². The number of anilines is 1. The third kappa shape index (κ3) is 3.83. The van der Waals surface area contributed by atoms with Crippen molar-refractivity contribution in [1.82, 2.24) is 9.78 Å². The number of hydrogen-bond donors (Lipinski definition) is 1. The zero-order valence-electron chi connectivity index (χ0n) is 15.8. The summed E-state index contributed by atoms with van der Waals surface area (Å²) < 4.78 is 11.7. The van der Waals surface area contributed by atoms with Crippen molar-refractivity contribution in [2.75, 3.05) is 12.4 Å². The first-order valence-corrected chi connectivity index (χ1v) is 9.33. The van der Waals surface area contributed by atoms with Crippen molar-refractivity contribution in [1.29, 1.82) is 0 Å². The number of ether oxygens (including phenoxy) is 1. The Balaban J connectivity index is 1.73. The Labute approximate surface area is 176 Å². The van der Waals surface area contributed by atoms with Crippen LogP contribution in [0.3, 0.4) is 0 Å². The van der Waals surface area contributed by atoms with Crippen molar-refractivity contribution in [3.63, 3.8) is 0 Å². The number of benzene rings is 2. The van der Waals surface area contributed by atoms with Gasteiger partial charge in [-0.25, -0.2) is 9.48 Å². The summed E-state index contributed by atoms with van der Waals surface area (Å²) in [6.45, 7) is 0. The maximum absolute atomic E-state index is 13.1. The quantitative estimate of drug-likeness (QED) is 0.466. The third-order valence-electron chi connectivity index (χ3n) is 4.35. The molecular weight excluding hydrogens is 406 g/mol. The lowest BCUT2D eigenvalue weighted by Crippen LogP contribution is -2.17. The molecule has 0 atom stereocenters. The highest BCUT2D eigenvalue weighted by Gasteiger charge is 2.20. The van der Waals surface area contributed by atoms with Crippen molar-refractivity contribution in [2.24, 2.45) is 0 Å². The van der Waals surface area contributed by atoms with Crippen LogP contribution in [0.1, 0.15) is 20.8 Å². The topological polar surface area (TPSA) is 86.4 Å². The molecule has 0 bridgehead atoms. The molecule has 7 nitrogen and oxygen atoms in total. The maximum atomic E-state index is 13.1. The van der Waals surface area contributed by atoms with Crippen LogP contribution >= 0.6 is 11.6 Å². The highest BCUT2D eigenvalue weighted by atomic mass is 35.5. The molecule has 2 aromatic heterocycles. The molecule has 8 heteroatoms. The number of furan rings is 1. The van der Waals surface area contributed by atoms with E-state index in [0.29, 0.717) is 17.1 Å². The van der Waals surface area contributed by atoms with E-state index in [1.54, 1.807) is 18.2 Å². The normalized spacial score (nSPS) is 10.6. The number of rotatable bonds is 5. The average Bonchev–Trinajstić information content (AvgIpc) is 3.45. The lowest BCUT2D eigenvalue weighted by molar-refractivity contribution is 0.0600. The summed E-state index contributed by atoms with van der Waals surface area (Å²) in [7, 11) is 1.28. The Morgan fingerprint density at radius 2 is 1.87 bits per heavy atom. The lowest BCUT2D eigenvalue weighted by atomic mass is 10.2. The highest BCUT2D eigenvalue weighted by molar-refractivity contribution is 6.34. The van der Waals surface area contributed by atoms with Crippen LogP contribution in [-0.4, -0.2) is 28.8 Å². The van der Waals surface area contributed by atoms with Gasteiger partial charge in [-0.15, -0.1) is 0 Å². The second-order valence-corrected chi connectivity index (χ2v) is 6.69. The molecule has 2 aromatic carbocycles. The van der Waals surface area contributed by atoms with Gasteiger partial charge in [-0.1, -0.05) is 29.8 Å². The molecule has 150 valence electrons. The number of aromatic nitrogens is 2. The molecule has 0 saturated heterocycles. The molecule has 0 spiro atoms. The number of carbonyl (C=O) groups is 2. The Morgan fingerprint density at radius 1 is 1.07 bits per heavy atom. The summed E-state index contributed by atoms with van der Waals surface area (Å²) in [5.74, 6) is -0.450. The number of nitrogens with one attached hydrogen (secondary N) is 1. The first-order valence-electron chi connectivity index (χ1n) is 8.95. The van der Waals surface area contributed by atoms with Crippen molar-refractivity contribution < 1.29 is 18.7 Å². The number of nitrogens with zero attached hydrogens (tertiary/aromatic N) is 2. The van der Waals surface area contributed by atoms with Gasteiger partial charge in [-0.05, 0) is 42.5 Å². The van der Waals surface area contributed by atoms with E-state index >= 15 is 0 Å². The van der Waals surface area contributed by atoms with Gasteiger partial charge in [-0.2, -0.15) is 5.10 Å². The minimum atomic E-state index is -0.531. The number of para-hydroxylation sites is 1. The van der Waals surface area contributed by atoms with Gasteiger partial charge in [0.05, 0.1) is 35.3 Å². The van der Waals surface area contributed by atoms with E-state index in [2.05, 4.69) is 10.4 Å². The first kappa shape index (κ1) is 19.5. The van der Waals surface area contributed by atoms with Crippen LogP contribution in [0.4, 0.5) is 5.69 Å². The summed E-state index contributed by atoms with van der Waals surface area (Å²) in [4.78, 5) is 24.9. The van der Waals surface area contributed by atoms with Gasteiger partial charge in [0, 0.05) is 6.07 Å². The number of hydrogen-bond acceptors (Lipinski definition) is 5. The van der Waals surface area contributed by atoms with E-state index in [0.717, 1.165) is 0 Å². The van der Waals surface area contributed by atoms with Crippen molar-refractivity contribution in [3.05, 3.63) is 89.3 Å². The molecule has 0 aliphatic carbocycles. The van der Waals surface area contributed by atoms with Gasteiger partial charge < -0.3 is 14.5 Å². The van der Waals surface area contributed by atoms with E-state index in [4.69, 9.17) is 20.8 Å². The summed E-state index contributed by atoms with van der Waals surface area (Å²) in [6, 6.07) is 18.9. The number of carbonyl (C=O) groups excluding carboxylic acids is 2. The fourth-order valence-corrected chi connectivity index (χ4v) is 3.07. The first-order chi connectivity index (χ1) is 14.6. The Bertz CT molecular complexity index is 1200. The molecule has 0 fully saturated rings. The molecule has 0 aliphatic heterocycles. The van der Waals surface area contributed by atoms with Gasteiger partial charge in [0.15, 0.2) is 5.76 Å². The second-order valence-electron chi connectivity index (χ2n) is 6.28. The van der Waals surface area contributed by atoms with Crippen LogP contribution in [0.15, 0.2) is 77.4 Å². The Morgan fingerprint density at radius 3 is 2.57 bits per heavy atom. The monoisotopic (exact) mass is 421 g/mol. The predicted octanol–water partition coefficient (Wildman–Crippen LogP) is 4.82. The Kier molecular flexibility index (Phi) is 5.36. The van der Waals surface area contributed by atoms with E-state index < -0.39 is 11.9 Å². The SMILES string of the molecule is COC(=O)c1ccc(Cl)c(NC(=O)c2cc(-c3ccco3)nn2-c2ccccc2)c1. The molecule has 1 N–H and O–H groups in total. The fraction of sp³-hybridized carbons (Fsp3) is 0.0455. The van der Waals surface area contributed by atoms with Crippen molar-refractivity contribution in [3.8, 4) is 17.1 Å². The summed E-state index contributed by atoms with van der Waals surface area (Å²) >= 11 is 6.21. The summed E-state index contributed by atoms with van der Waals surface area (Å²) in [5.41, 5.74) is 2.03. The van der Waals surface area contributed by atoms with E-state index in [-0.39, 0.29) is 22.0 Å². The average molecular weight is 422 g/mol. The number of amides is 1. The fourth-order valence-electron chi connectivity index (χ4n) is 2.91. The zero-order chi connectivity index (χ0) is 21.1. The highest BCUT2D eigenvalue weighted by Crippen LogP contribution is 2.26. The van der Waals surface area contributed by atoms with E-state index in [1.807, 2.05) is 30.3 Å². The summed E-state index contributed by atoms with van der Waals surface area (Å²) in [6.07, 6.45) is 1.54. The molecular formula is C22H16ClN3O4. The molecule has 4 aromatic rings. The van der Waals surface area contributed by atoms with Crippen LogP contribution in [0.5, 0.6) is 0 Å². The minimum absolute atomic E-state index is 0.269. The maximum Gasteiger partial charge on any atom is 0.337 e. The number of esters is 1. The van der Waals surface area contributed by atoms with Crippen LogP contribution < -0.4 is 5.32 Å². The number of halogens is 1. The van der Waals surface area contributed by atoms with Crippen molar-refractivity contribution >= 4 is 29.2 Å². The molecule has 1 amide bonds.